The van der Waals surface area contributed by atoms with Crippen LogP contribution in [0.2, 0.25) is 0 Å². The van der Waals surface area contributed by atoms with Crippen LogP contribution in [0.15, 0.2) is 51.7 Å². The maximum Gasteiger partial charge on any atom is 0.308 e. The zero-order chi connectivity index (χ0) is 18.8. The van der Waals surface area contributed by atoms with E-state index in [2.05, 4.69) is 0 Å². The summed E-state index contributed by atoms with van der Waals surface area (Å²) in [6.07, 6.45) is 0. The van der Waals surface area contributed by atoms with E-state index in [1.54, 1.807) is 12.1 Å². The van der Waals surface area contributed by atoms with Crippen LogP contribution in [0.25, 0.3) is 22.3 Å². The Balaban J connectivity index is 2.24. The van der Waals surface area contributed by atoms with E-state index in [4.69, 9.17) is 13.9 Å². The molecule has 0 radical (unpaired) electrons. The van der Waals surface area contributed by atoms with Gasteiger partial charge >= 0.3 is 11.9 Å². The number of esters is 2. The third-order valence-corrected chi connectivity index (χ3v) is 3.44. The standard InChI is InChI=1S/C19H14O7/c1-10(20)24-14-7-17(25-11(2)21)19-15(23)9-16(26-18(19)8-14)12-3-5-13(22)6-4-12/h3-9,22H,1-2H3. The molecule has 0 saturated heterocycles. The molecule has 0 aliphatic heterocycles. The van der Waals surface area contributed by atoms with E-state index in [9.17, 15) is 19.5 Å². The summed E-state index contributed by atoms with van der Waals surface area (Å²) in [6.45, 7) is 2.41. The van der Waals surface area contributed by atoms with Crippen molar-refractivity contribution in [3.8, 4) is 28.6 Å². The van der Waals surface area contributed by atoms with Crippen molar-refractivity contribution in [1.29, 1.82) is 0 Å². The molecule has 3 aromatic rings. The summed E-state index contributed by atoms with van der Waals surface area (Å²) in [6, 6.07) is 9.99. The monoisotopic (exact) mass is 354 g/mol. The second-order valence-corrected chi connectivity index (χ2v) is 5.50. The highest BCUT2D eigenvalue weighted by atomic mass is 16.5. The molecule has 0 saturated carbocycles. The molecule has 26 heavy (non-hydrogen) atoms. The number of fused-ring (bicyclic) bond motifs is 1. The number of aromatic hydroxyl groups is 1. The second kappa shape index (κ2) is 6.72. The molecule has 0 unspecified atom stereocenters. The zero-order valence-electron chi connectivity index (χ0n) is 13.9. The average molecular weight is 354 g/mol. The van der Waals surface area contributed by atoms with Gasteiger partial charge in [-0.3, -0.25) is 14.4 Å². The lowest BCUT2D eigenvalue weighted by Gasteiger charge is -2.10. The molecule has 0 aliphatic carbocycles. The van der Waals surface area contributed by atoms with Gasteiger partial charge in [-0.15, -0.1) is 0 Å². The van der Waals surface area contributed by atoms with Crippen LogP contribution in [0.4, 0.5) is 0 Å². The lowest BCUT2D eigenvalue weighted by Crippen LogP contribution is -2.09. The molecule has 0 spiro atoms. The fourth-order valence-corrected chi connectivity index (χ4v) is 2.46. The van der Waals surface area contributed by atoms with Gasteiger partial charge in [0.1, 0.15) is 34.0 Å². The summed E-state index contributed by atoms with van der Waals surface area (Å²) in [5.41, 5.74) is 0.226. The van der Waals surface area contributed by atoms with Crippen molar-refractivity contribution in [2.45, 2.75) is 13.8 Å². The van der Waals surface area contributed by atoms with E-state index >= 15 is 0 Å². The van der Waals surface area contributed by atoms with E-state index in [0.717, 1.165) is 0 Å². The number of carbonyl (C=O) groups excluding carboxylic acids is 2. The first-order valence-electron chi connectivity index (χ1n) is 7.61. The molecule has 0 aliphatic rings. The number of phenols is 1. The molecule has 0 fully saturated rings. The van der Waals surface area contributed by atoms with Crippen LogP contribution < -0.4 is 14.9 Å². The molecule has 0 bridgehead atoms. The van der Waals surface area contributed by atoms with Crippen molar-refractivity contribution in [1.82, 2.24) is 0 Å². The number of rotatable bonds is 3. The molecule has 2 aromatic carbocycles. The molecular formula is C19H14O7. The van der Waals surface area contributed by atoms with Gasteiger partial charge in [0.15, 0.2) is 5.43 Å². The summed E-state index contributed by atoms with van der Waals surface area (Å²) < 4.78 is 15.8. The first-order valence-corrected chi connectivity index (χ1v) is 7.61. The molecule has 7 nitrogen and oxygen atoms in total. The van der Waals surface area contributed by atoms with Crippen LogP contribution in [0.1, 0.15) is 13.8 Å². The maximum absolute atomic E-state index is 12.6. The summed E-state index contributed by atoms with van der Waals surface area (Å²) in [5.74, 6) is -0.865. The average Bonchev–Trinajstić information content (AvgIpc) is 2.53. The van der Waals surface area contributed by atoms with Crippen molar-refractivity contribution < 1.29 is 28.6 Å². The zero-order valence-corrected chi connectivity index (χ0v) is 13.9. The predicted molar refractivity (Wildman–Crippen MR) is 92.2 cm³/mol. The second-order valence-electron chi connectivity index (χ2n) is 5.50. The SMILES string of the molecule is CC(=O)Oc1cc(OC(C)=O)c2c(=O)cc(-c3ccc(O)cc3)oc2c1. The number of ether oxygens (including phenoxy) is 2. The Kier molecular flexibility index (Phi) is 4.45. The summed E-state index contributed by atoms with van der Waals surface area (Å²) >= 11 is 0. The first-order chi connectivity index (χ1) is 12.3. The topological polar surface area (TPSA) is 103 Å². The van der Waals surface area contributed by atoms with Crippen LogP contribution >= 0.6 is 0 Å². The van der Waals surface area contributed by atoms with Crippen LogP contribution in [-0.2, 0) is 9.59 Å². The van der Waals surface area contributed by atoms with Crippen molar-refractivity contribution >= 4 is 22.9 Å². The van der Waals surface area contributed by atoms with E-state index in [0.29, 0.717) is 5.56 Å². The first kappa shape index (κ1) is 17.2. The Bertz CT molecular complexity index is 1060. The summed E-state index contributed by atoms with van der Waals surface area (Å²) in [7, 11) is 0. The molecule has 0 atom stereocenters. The predicted octanol–water partition coefficient (Wildman–Crippen LogP) is 3.02. The highest BCUT2D eigenvalue weighted by Gasteiger charge is 2.16. The van der Waals surface area contributed by atoms with Gasteiger partial charge in [-0.05, 0) is 24.3 Å². The van der Waals surface area contributed by atoms with Crippen LogP contribution in [0.5, 0.6) is 17.2 Å². The molecular weight excluding hydrogens is 340 g/mol. The van der Waals surface area contributed by atoms with Gasteiger partial charge in [-0.25, -0.2) is 0 Å². The van der Waals surface area contributed by atoms with Crippen molar-refractivity contribution in [2.24, 2.45) is 0 Å². The minimum Gasteiger partial charge on any atom is -0.508 e. The Hall–Kier alpha value is -3.61. The Morgan fingerprint density at radius 2 is 1.62 bits per heavy atom. The fraction of sp³-hybridized carbons (Fsp3) is 0.105. The maximum atomic E-state index is 12.6. The third kappa shape index (κ3) is 3.56. The molecule has 0 amide bonds. The quantitative estimate of drug-likeness (QED) is 0.569. The van der Waals surface area contributed by atoms with E-state index in [1.165, 1.54) is 44.2 Å². The highest BCUT2D eigenvalue weighted by molar-refractivity contribution is 5.89. The Morgan fingerprint density at radius 3 is 2.23 bits per heavy atom. The van der Waals surface area contributed by atoms with Gasteiger partial charge < -0.3 is 19.0 Å². The highest BCUT2D eigenvalue weighted by Crippen LogP contribution is 2.32. The van der Waals surface area contributed by atoms with Gasteiger partial charge in [-0.2, -0.15) is 0 Å². The van der Waals surface area contributed by atoms with E-state index in [1.807, 2.05) is 0 Å². The summed E-state index contributed by atoms with van der Waals surface area (Å²) in [5, 5.41) is 9.44. The van der Waals surface area contributed by atoms with Crippen LogP contribution in [0, 0.1) is 0 Å². The van der Waals surface area contributed by atoms with Gasteiger partial charge in [-0.1, -0.05) is 0 Å². The molecule has 1 N–H and O–H groups in total. The van der Waals surface area contributed by atoms with Gasteiger partial charge in [0.25, 0.3) is 0 Å². The Labute approximate surface area is 147 Å². The lowest BCUT2D eigenvalue weighted by atomic mass is 10.1. The normalized spacial score (nSPS) is 10.5. The van der Waals surface area contributed by atoms with Crippen molar-refractivity contribution in [3.63, 3.8) is 0 Å². The van der Waals surface area contributed by atoms with Gasteiger partial charge in [0.05, 0.1) is 0 Å². The number of carbonyl (C=O) groups is 2. The van der Waals surface area contributed by atoms with Crippen LogP contribution in [-0.4, -0.2) is 17.0 Å². The molecule has 1 heterocycles. The van der Waals surface area contributed by atoms with Gasteiger partial charge in [0, 0.05) is 37.6 Å². The number of benzene rings is 2. The largest absolute Gasteiger partial charge is 0.508 e. The van der Waals surface area contributed by atoms with Crippen LogP contribution in [0.3, 0.4) is 0 Å². The van der Waals surface area contributed by atoms with E-state index in [-0.39, 0.29) is 34.0 Å². The van der Waals surface area contributed by atoms with E-state index < -0.39 is 17.4 Å². The smallest absolute Gasteiger partial charge is 0.308 e. The molecule has 132 valence electrons. The van der Waals surface area contributed by atoms with Crippen molar-refractivity contribution in [2.75, 3.05) is 0 Å². The van der Waals surface area contributed by atoms with Crippen molar-refractivity contribution in [3.05, 3.63) is 52.7 Å². The van der Waals surface area contributed by atoms with Gasteiger partial charge in [0.2, 0.25) is 0 Å². The number of phenolic OH excluding ortho intramolecular Hbond substituents is 1. The minimum absolute atomic E-state index is 0.0543. The Morgan fingerprint density at radius 1 is 0.962 bits per heavy atom. The molecule has 3 rings (SSSR count). The number of hydrogen-bond donors (Lipinski definition) is 1. The fourth-order valence-electron chi connectivity index (χ4n) is 2.46. The third-order valence-electron chi connectivity index (χ3n) is 3.44. The number of hydrogen-bond acceptors (Lipinski definition) is 7. The molecule has 1 aromatic heterocycles. The molecule has 7 heteroatoms. The summed E-state index contributed by atoms with van der Waals surface area (Å²) in [4.78, 5) is 35.1. The minimum atomic E-state index is -0.631. The lowest BCUT2D eigenvalue weighted by molar-refractivity contribution is -0.132.